The van der Waals surface area contributed by atoms with E-state index < -0.39 is 47.7 Å². The molecule has 0 heterocycles. The molecular weight excluding hydrogens is 384 g/mol. The number of aliphatic carboxylic acids is 4. The van der Waals surface area contributed by atoms with Gasteiger partial charge in [0.2, 0.25) is 0 Å². The van der Waals surface area contributed by atoms with E-state index >= 15 is 0 Å². The van der Waals surface area contributed by atoms with Gasteiger partial charge in [-0.3, -0.25) is 14.4 Å². The van der Waals surface area contributed by atoms with Crippen LogP contribution in [0.3, 0.4) is 0 Å². The van der Waals surface area contributed by atoms with E-state index in [-0.39, 0.29) is 0 Å². The molecule has 0 spiro atoms. The minimum Gasteiger partial charge on any atom is -0.481 e. The van der Waals surface area contributed by atoms with Crippen LogP contribution in [-0.4, -0.2) is 55.0 Å². The zero-order chi connectivity index (χ0) is 23.1. The molecule has 0 aliphatic carbocycles. The Morgan fingerprint density at radius 2 is 0.931 bits per heavy atom. The van der Waals surface area contributed by atoms with Crippen molar-refractivity contribution in [3.05, 3.63) is 0 Å². The number of aliphatic hydroxyl groups is 1. The average Bonchev–Trinajstić information content (AvgIpc) is 2.60. The molecular formula is C20H36O9. The molecule has 0 bridgehead atoms. The largest absolute Gasteiger partial charge is 0.481 e. The van der Waals surface area contributed by atoms with Gasteiger partial charge in [-0.05, 0) is 19.3 Å². The van der Waals surface area contributed by atoms with Crippen LogP contribution >= 0.6 is 0 Å². The second-order valence-electron chi connectivity index (χ2n) is 7.37. The quantitative estimate of drug-likeness (QED) is 0.266. The van der Waals surface area contributed by atoms with Crippen LogP contribution in [0.5, 0.6) is 0 Å². The maximum absolute atomic E-state index is 11.5. The maximum atomic E-state index is 11.5. The lowest BCUT2D eigenvalue weighted by Gasteiger charge is -2.29. The highest BCUT2D eigenvalue weighted by Crippen LogP contribution is 2.36. The molecule has 9 heteroatoms. The van der Waals surface area contributed by atoms with Gasteiger partial charge in [-0.1, -0.05) is 59.3 Å². The van der Waals surface area contributed by atoms with E-state index in [1.807, 2.05) is 0 Å². The predicted molar refractivity (Wildman–Crippen MR) is 106 cm³/mol. The third-order valence-electron chi connectivity index (χ3n) is 4.77. The topological polar surface area (TPSA) is 169 Å². The second kappa shape index (κ2) is 14.8. The molecule has 0 amide bonds. The van der Waals surface area contributed by atoms with Gasteiger partial charge in [-0.25, -0.2) is 4.79 Å². The Balaban J connectivity index is 0. The zero-order valence-corrected chi connectivity index (χ0v) is 17.6. The van der Waals surface area contributed by atoms with Gasteiger partial charge in [0.1, 0.15) is 0 Å². The summed E-state index contributed by atoms with van der Waals surface area (Å²) >= 11 is 0. The van der Waals surface area contributed by atoms with Gasteiger partial charge in [0.15, 0.2) is 5.60 Å². The maximum Gasteiger partial charge on any atom is 0.336 e. The van der Waals surface area contributed by atoms with E-state index in [9.17, 15) is 24.3 Å². The molecule has 5 N–H and O–H groups in total. The monoisotopic (exact) mass is 420 g/mol. The van der Waals surface area contributed by atoms with E-state index in [0.717, 1.165) is 57.8 Å². The van der Waals surface area contributed by atoms with Crippen molar-refractivity contribution in [1.29, 1.82) is 0 Å². The molecule has 0 atom stereocenters. The van der Waals surface area contributed by atoms with Crippen LogP contribution in [0.2, 0.25) is 0 Å². The third kappa shape index (κ3) is 12.1. The first-order valence-corrected chi connectivity index (χ1v) is 10.0. The lowest BCUT2D eigenvalue weighted by Crippen LogP contribution is -2.42. The van der Waals surface area contributed by atoms with Crippen LogP contribution < -0.4 is 0 Å². The normalized spacial score (nSPS) is 11.3. The molecule has 0 saturated heterocycles. The summed E-state index contributed by atoms with van der Waals surface area (Å²) in [6, 6.07) is 0. The smallest absolute Gasteiger partial charge is 0.336 e. The number of unbranched alkanes of at least 4 members (excludes halogenated alkanes) is 3. The molecule has 29 heavy (non-hydrogen) atoms. The van der Waals surface area contributed by atoms with Gasteiger partial charge in [0, 0.05) is 0 Å². The van der Waals surface area contributed by atoms with Crippen LogP contribution in [0.25, 0.3) is 0 Å². The Labute approximate surface area is 171 Å². The summed E-state index contributed by atoms with van der Waals surface area (Å²) in [6.07, 6.45) is 6.69. The molecule has 0 aromatic heterocycles. The summed E-state index contributed by atoms with van der Waals surface area (Å²) in [7, 11) is 0. The van der Waals surface area contributed by atoms with Gasteiger partial charge in [0.25, 0.3) is 0 Å². The fraction of sp³-hybridized carbons (Fsp3) is 0.800. The minimum absolute atomic E-state index is 0.429. The summed E-state index contributed by atoms with van der Waals surface area (Å²) in [5.74, 6) is -5.59. The van der Waals surface area contributed by atoms with Crippen molar-refractivity contribution >= 4 is 23.9 Å². The molecule has 0 radical (unpaired) electrons. The average molecular weight is 420 g/mol. The van der Waals surface area contributed by atoms with E-state index in [1.165, 1.54) is 0 Å². The first-order valence-electron chi connectivity index (χ1n) is 10.0. The molecule has 0 rings (SSSR count). The lowest BCUT2D eigenvalue weighted by atomic mass is 9.74. The van der Waals surface area contributed by atoms with Crippen LogP contribution in [-0.2, 0) is 19.2 Å². The fourth-order valence-electron chi connectivity index (χ4n) is 2.96. The van der Waals surface area contributed by atoms with E-state index in [4.69, 9.17) is 20.4 Å². The number of carboxylic acids is 4. The van der Waals surface area contributed by atoms with Gasteiger partial charge in [0.05, 0.1) is 18.3 Å². The number of hydrogen-bond donors (Lipinski definition) is 5. The van der Waals surface area contributed by atoms with Crippen molar-refractivity contribution in [3.63, 3.8) is 0 Å². The SMILES string of the molecule is CCCCC(CCCC)(CCCC)C(=O)O.O=C(O)CC(O)(CC(=O)O)C(=O)O. The van der Waals surface area contributed by atoms with Crippen molar-refractivity contribution < 1.29 is 44.7 Å². The summed E-state index contributed by atoms with van der Waals surface area (Å²) < 4.78 is 0. The lowest BCUT2D eigenvalue weighted by molar-refractivity contribution is -0.170. The summed E-state index contributed by atoms with van der Waals surface area (Å²) in [4.78, 5) is 42.0. The standard InChI is InChI=1S/C14H28O2.C6H8O7/c1-4-7-10-14(13(15)16,11-8-5-2)12-9-6-3;7-3(8)1-6(13,5(11)12)2-4(9)10/h4-12H2,1-3H3,(H,15,16);13H,1-2H2,(H,7,8)(H,9,10)(H,11,12). The van der Waals surface area contributed by atoms with Gasteiger partial charge in [-0.2, -0.15) is 0 Å². The van der Waals surface area contributed by atoms with E-state index in [1.54, 1.807) is 0 Å². The van der Waals surface area contributed by atoms with Crippen LogP contribution in [0.1, 0.15) is 91.4 Å². The Kier molecular flexibility index (Phi) is 14.8. The highest BCUT2D eigenvalue weighted by atomic mass is 16.4. The summed E-state index contributed by atoms with van der Waals surface area (Å²) in [5.41, 5.74) is -3.17. The molecule has 0 aromatic rings. The third-order valence-corrected chi connectivity index (χ3v) is 4.77. The molecule has 0 aliphatic rings. The highest BCUT2D eigenvalue weighted by molar-refractivity contribution is 5.88. The fourth-order valence-corrected chi connectivity index (χ4v) is 2.96. The Bertz CT molecular complexity index is 490. The number of carboxylic acid groups (broad SMARTS) is 4. The van der Waals surface area contributed by atoms with Crippen LogP contribution in [0.15, 0.2) is 0 Å². The van der Waals surface area contributed by atoms with Crippen LogP contribution in [0, 0.1) is 5.41 Å². The second-order valence-corrected chi connectivity index (χ2v) is 7.37. The van der Waals surface area contributed by atoms with Crippen molar-refractivity contribution in [2.24, 2.45) is 5.41 Å². The highest BCUT2D eigenvalue weighted by Gasteiger charge is 2.40. The zero-order valence-electron chi connectivity index (χ0n) is 17.6. The van der Waals surface area contributed by atoms with Gasteiger partial charge in [-0.15, -0.1) is 0 Å². The number of hydrogen-bond acceptors (Lipinski definition) is 5. The predicted octanol–water partition coefficient (Wildman–Crippen LogP) is 3.38. The Morgan fingerprint density at radius 1 is 0.621 bits per heavy atom. The first-order chi connectivity index (χ1) is 13.4. The number of rotatable bonds is 15. The van der Waals surface area contributed by atoms with E-state index in [2.05, 4.69) is 20.8 Å². The van der Waals surface area contributed by atoms with Crippen molar-refractivity contribution in [2.75, 3.05) is 0 Å². The molecule has 0 fully saturated rings. The van der Waals surface area contributed by atoms with Crippen molar-refractivity contribution in [3.8, 4) is 0 Å². The Morgan fingerprint density at radius 3 is 1.10 bits per heavy atom. The first kappa shape index (κ1) is 29.0. The van der Waals surface area contributed by atoms with Gasteiger partial charge < -0.3 is 25.5 Å². The minimum atomic E-state index is -2.74. The molecule has 0 aliphatic heterocycles. The van der Waals surface area contributed by atoms with E-state index in [0.29, 0.717) is 0 Å². The summed E-state index contributed by atoms with van der Waals surface area (Å²) in [5, 5.41) is 43.3. The van der Waals surface area contributed by atoms with Crippen molar-refractivity contribution in [1.82, 2.24) is 0 Å². The Hall–Kier alpha value is -2.16. The molecule has 0 unspecified atom stereocenters. The summed E-state index contributed by atoms with van der Waals surface area (Å²) in [6.45, 7) is 6.39. The van der Waals surface area contributed by atoms with Crippen LogP contribution in [0.4, 0.5) is 0 Å². The molecule has 0 aromatic carbocycles. The molecule has 9 nitrogen and oxygen atoms in total. The molecule has 0 saturated carbocycles. The molecule has 170 valence electrons. The number of carbonyl (C=O) groups is 4. The van der Waals surface area contributed by atoms with Gasteiger partial charge >= 0.3 is 23.9 Å². The van der Waals surface area contributed by atoms with Crippen molar-refractivity contribution in [2.45, 2.75) is 97.0 Å².